The summed E-state index contributed by atoms with van der Waals surface area (Å²) < 4.78 is 0. The minimum atomic E-state index is 0. The van der Waals surface area contributed by atoms with Gasteiger partial charge in [0.1, 0.15) is 0 Å². The van der Waals surface area contributed by atoms with Crippen molar-refractivity contribution in [3.63, 3.8) is 0 Å². The maximum absolute atomic E-state index is 13.0. The van der Waals surface area contributed by atoms with E-state index in [4.69, 9.17) is 0 Å². The van der Waals surface area contributed by atoms with Crippen molar-refractivity contribution in [3.8, 4) is 0 Å². The van der Waals surface area contributed by atoms with Gasteiger partial charge in [-0.25, -0.2) is 0 Å². The first-order valence-electron chi connectivity index (χ1n) is 9.67. The van der Waals surface area contributed by atoms with Crippen molar-refractivity contribution in [2.24, 2.45) is 0 Å². The van der Waals surface area contributed by atoms with Crippen LogP contribution in [-0.4, -0.2) is 43.4 Å². The lowest BCUT2D eigenvalue weighted by atomic mass is 10.1. The van der Waals surface area contributed by atoms with Crippen molar-refractivity contribution in [3.05, 3.63) is 90.5 Å². The van der Waals surface area contributed by atoms with Gasteiger partial charge in [-0.1, -0.05) is 66.4 Å². The number of carbonyl (C=O) groups excluding carboxylic acids is 1. The van der Waals surface area contributed by atoms with Crippen LogP contribution in [0.2, 0.25) is 0 Å². The number of para-hydroxylation sites is 1. The zero-order valence-corrected chi connectivity index (χ0v) is 17.9. The van der Waals surface area contributed by atoms with Gasteiger partial charge in [0.25, 0.3) is 0 Å². The molecule has 3 nitrogen and oxygen atoms in total. The van der Waals surface area contributed by atoms with Gasteiger partial charge in [0.15, 0.2) is 5.78 Å². The highest BCUT2D eigenvalue weighted by atomic mass is 35.5. The number of benzene rings is 3. The summed E-state index contributed by atoms with van der Waals surface area (Å²) in [6.07, 6.45) is 0. The molecular formula is C24H25ClN2OS. The van der Waals surface area contributed by atoms with Crippen LogP contribution >= 0.6 is 24.2 Å². The lowest BCUT2D eigenvalue weighted by molar-refractivity contribution is 0.0923. The fraction of sp³-hybridized carbons (Fsp3) is 0.208. The number of halogens is 1. The Morgan fingerprint density at radius 1 is 0.759 bits per heavy atom. The minimum absolute atomic E-state index is 0. The van der Waals surface area contributed by atoms with E-state index in [0.717, 1.165) is 41.5 Å². The molecule has 4 rings (SSSR count). The molecule has 0 aromatic heterocycles. The Kier molecular flexibility index (Phi) is 7.76. The molecule has 5 heteroatoms. The molecule has 1 aliphatic heterocycles. The third kappa shape index (κ3) is 5.63. The fourth-order valence-corrected chi connectivity index (χ4v) is 4.48. The molecule has 0 unspecified atom stereocenters. The summed E-state index contributed by atoms with van der Waals surface area (Å²) in [4.78, 5) is 19.8. The van der Waals surface area contributed by atoms with Crippen LogP contribution in [0.3, 0.4) is 0 Å². The number of hydrogen-bond acceptors (Lipinski definition) is 4. The minimum Gasteiger partial charge on any atom is -0.369 e. The molecule has 0 atom stereocenters. The van der Waals surface area contributed by atoms with Gasteiger partial charge in [-0.05, 0) is 30.3 Å². The number of piperazine rings is 1. The standard InChI is InChI=1S/C24H24N2OS.ClH/c27-23(19-25-15-17-26(18-16-25)20-9-3-1-4-10-20)22-13-7-8-14-24(22)28-21-11-5-2-6-12-21;/h1-14H,15-19H2;1H. The summed E-state index contributed by atoms with van der Waals surface area (Å²) in [5.41, 5.74) is 2.08. The van der Waals surface area contributed by atoms with E-state index >= 15 is 0 Å². The Bertz CT molecular complexity index is 912. The Balaban J connectivity index is 0.00000240. The molecule has 1 saturated heterocycles. The fourth-order valence-electron chi connectivity index (χ4n) is 3.49. The molecule has 0 amide bonds. The molecule has 0 aliphatic carbocycles. The van der Waals surface area contributed by atoms with Gasteiger partial charge in [-0.3, -0.25) is 9.69 Å². The third-order valence-electron chi connectivity index (χ3n) is 5.02. The van der Waals surface area contributed by atoms with E-state index in [-0.39, 0.29) is 18.2 Å². The first-order valence-corrected chi connectivity index (χ1v) is 10.5. The first-order chi connectivity index (χ1) is 13.8. The van der Waals surface area contributed by atoms with Gasteiger partial charge in [-0.15, -0.1) is 12.4 Å². The van der Waals surface area contributed by atoms with E-state index in [9.17, 15) is 4.79 Å². The van der Waals surface area contributed by atoms with Crippen LogP contribution in [0.5, 0.6) is 0 Å². The molecule has 0 spiro atoms. The van der Waals surface area contributed by atoms with Gasteiger partial charge >= 0.3 is 0 Å². The van der Waals surface area contributed by atoms with Crippen LogP contribution in [0.1, 0.15) is 10.4 Å². The van der Waals surface area contributed by atoms with Gasteiger partial charge < -0.3 is 4.90 Å². The molecular weight excluding hydrogens is 400 g/mol. The molecule has 1 aliphatic rings. The van der Waals surface area contributed by atoms with Crippen molar-refractivity contribution < 1.29 is 4.79 Å². The molecule has 1 fully saturated rings. The zero-order chi connectivity index (χ0) is 19.2. The van der Waals surface area contributed by atoms with Crippen LogP contribution in [0.25, 0.3) is 0 Å². The van der Waals surface area contributed by atoms with Crippen molar-refractivity contribution in [2.75, 3.05) is 37.6 Å². The average molecular weight is 425 g/mol. The smallest absolute Gasteiger partial charge is 0.177 e. The highest BCUT2D eigenvalue weighted by molar-refractivity contribution is 7.99. The zero-order valence-electron chi connectivity index (χ0n) is 16.2. The molecule has 1 heterocycles. The normalized spacial score (nSPS) is 14.3. The maximum Gasteiger partial charge on any atom is 0.177 e. The van der Waals surface area contributed by atoms with Crippen LogP contribution < -0.4 is 4.90 Å². The molecule has 0 radical (unpaired) electrons. The Morgan fingerprint density at radius 2 is 1.34 bits per heavy atom. The molecule has 0 N–H and O–H groups in total. The number of anilines is 1. The molecule has 3 aromatic carbocycles. The number of ketones is 1. The molecule has 29 heavy (non-hydrogen) atoms. The first kappa shape index (κ1) is 21.4. The van der Waals surface area contributed by atoms with E-state index in [2.05, 4.69) is 46.2 Å². The second-order valence-electron chi connectivity index (χ2n) is 6.93. The quantitative estimate of drug-likeness (QED) is 0.503. The lowest BCUT2D eigenvalue weighted by Gasteiger charge is -2.35. The summed E-state index contributed by atoms with van der Waals surface area (Å²) in [6.45, 7) is 4.22. The number of hydrogen-bond donors (Lipinski definition) is 0. The van der Waals surface area contributed by atoms with E-state index in [1.54, 1.807) is 11.8 Å². The topological polar surface area (TPSA) is 23.6 Å². The summed E-state index contributed by atoms with van der Waals surface area (Å²) in [7, 11) is 0. The Hall–Kier alpha value is -2.27. The van der Waals surface area contributed by atoms with Crippen LogP contribution in [0.15, 0.2) is 94.7 Å². The van der Waals surface area contributed by atoms with Gasteiger partial charge in [0, 0.05) is 47.2 Å². The molecule has 0 bridgehead atoms. The second kappa shape index (κ2) is 10.5. The predicted molar refractivity (Wildman–Crippen MR) is 124 cm³/mol. The SMILES string of the molecule is Cl.O=C(CN1CCN(c2ccccc2)CC1)c1ccccc1Sc1ccccc1. The molecule has 0 saturated carbocycles. The highest BCUT2D eigenvalue weighted by Gasteiger charge is 2.21. The number of carbonyl (C=O) groups is 1. The second-order valence-corrected chi connectivity index (χ2v) is 8.05. The summed E-state index contributed by atoms with van der Waals surface area (Å²) in [5, 5.41) is 0. The summed E-state index contributed by atoms with van der Waals surface area (Å²) in [6, 6.07) is 28.7. The Morgan fingerprint density at radius 3 is 2.03 bits per heavy atom. The van der Waals surface area contributed by atoms with Crippen LogP contribution in [0, 0.1) is 0 Å². The molecule has 150 valence electrons. The number of rotatable bonds is 6. The van der Waals surface area contributed by atoms with E-state index in [0.29, 0.717) is 6.54 Å². The predicted octanol–water partition coefficient (Wildman–Crippen LogP) is 5.26. The summed E-state index contributed by atoms with van der Waals surface area (Å²) in [5.74, 6) is 0.201. The van der Waals surface area contributed by atoms with Crippen molar-refractivity contribution in [2.45, 2.75) is 9.79 Å². The van der Waals surface area contributed by atoms with Gasteiger partial charge in [0.2, 0.25) is 0 Å². The van der Waals surface area contributed by atoms with Gasteiger partial charge in [-0.2, -0.15) is 0 Å². The largest absolute Gasteiger partial charge is 0.369 e. The van der Waals surface area contributed by atoms with E-state index < -0.39 is 0 Å². The lowest BCUT2D eigenvalue weighted by Crippen LogP contribution is -2.48. The van der Waals surface area contributed by atoms with Crippen LogP contribution in [-0.2, 0) is 0 Å². The Labute approximate surface area is 183 Å². The maximum atomic E-state index is 13.0. The van der Waals surface area contributed by atoms with Crippen molar-refractivity contribution >= 4 is 35.6 Å². The monoisotopic (exact) mass is 424 g/mol. The highest BCUT2D eigenvalue weighted by Crippen LogP contribution is 2.30. The molecule has 3 aromatic rings. The van der Waals surface area contributed by atoms with E-state index in [1.165, 1.54) is 5.69 Å². The number of nitrogens with zero attached hydrogens (tertiary/aromatic N) is 2. The van der Waals surface area contributed by atoms with Gasteiger partial charge in [0.05, 0.1) is 6.54 Å². The number of Topliss-reactive ketones (excluding diaryl/α,β-unsaturated/α-hetero) is 1. The average Bonchev–Trinajstić information content (AvgIpc) is 2.76. The van der Waals surface area contributed by atoms with Crippen molar-refractivity contribution in [1.82, 2.24) is 4.90 Å². The summed E-state index contributed by atoms with van der Waals surface area (Å²) >= 11 is 1.65. The van der Waals surface area contributed by atoms with E-state index in [1.807, 2.05) is 48.5 Å². The van der Waals surface area contributed by atoms with Crippen molar-refractivity contribution in [1.29, 1.82) is 0 Å². The third-order valence-corrected chi connectivity index (χ3v) is 6.10. The van der Waals surface area contributed by atoms with Crippen LogP contribution in [0.4, 0.5) is 5.69 Å².